The number of hydrogen-bond donors (Lipinski definition) is 1. The number of amides is 3. The number of anilines is 2. The van der Waals surface area contributed by atoms with Crippen LogP contribution in [-0.2, 0) is 16.1 Å². The molecule has 6 nitrogen and oxygen atoms in total. The minimum Gasteiger partial charge on any atom is -0.375 e. The number of ether oxygens (including phenoxy) is 1. The van der Waals surface area contributed by atoms with Gasteiger partial charge in [-0.15, -0.1) is 0 Å². The molecule has 28 heavy (non-hydrogen) atoms. The van der Waals surface area contributed by atoms with Crippen LogP contribution in [0.25, 0.3) is 0 Å². The number of methoxy groups -OCH3 is 1. The zero-order valence-electron chi connectivity index (χ0n) is 16.7. The lowest BCUT2D eigenvalue weighted by Crippen LogP contribution is -2.49. The van der Waals surface area contributed by atoms with Crippen LogP contribution in [0.3, 0.4) is 0 Å². The van der Waals surface area contributed by atoms with Crippen molar-refractivity contribution in [3.8, 4) is 0 Å². The quantitative estimate of drug-likeness (QED) is 0.830. The van der Waals surface area contributed by atoms with E-state index in [-0.39, 0.29) is 18.5 Å². The summed E-state index contributed by atoms with van der Waals surface area (Å²) in [5, 5.41) is 2.87. The highest BCUT2D eigenvalue weighted by Crippen LogP contribution is 2.30. The summed E-state index contributed by atoms with van der Waals surface area (Å²) in [4.78, 5) is 28.9. The second kappa shape index (κ2) is 8.89. The maximum Gasteiger partial charge on any atom is 0.324 e. The van der Waals surface area contributed by atoms with Crippen LogP contribution in [0.2, 0.25) is 0 Å². The van der Waals surface area contributed by atoms with Crippen molar-refractivity contribution in [3.63, 3.8) is 0 Å². The van der Waals surface area contributed by atoms with Gasteiger partial charge in [0.25, 0.3) is 0 Å². The second-order valence-corrected chi connectivity index (χ2v) is 7.14. The number of nitrogens with zero attached hydrogens (tertiary/aromatic N) is 2. The highest BCUT2D eigenvalue weighted by molar-refractivity contribution is 6.01. The second-order valence-electron chi connectivity index (χ2n) is 7.14. The molecule has 0 aromatic heterocycles. The van der Waals surface area contributed by atoms with Crippen LogP contribution in [0, 0.1) is 13.8 Å². The standard InChI is InChI=1S/C22H27N3O3/c1-16-9-10-20(19(13-16)23-21(26)15-28-3)25-12-6-11-24(22(25)27)14-18-8-5-4-7-17(18)2/h4-5,7-10,13H,6,11-12,14-15H2,1-3H3,(H,23,26). The molecule has 1 N–H and O–H groups in total. The largest absolute Gasteiger partial charge is 0.375 e. The van der Waals surface area contributed by atoms with Gasteiger partial charge in [0.05, 0.1) is 11.4 Å². The lowest BCUT2D eigenvalue weighted by atomic mass is 10.1. The Morgan fingerprint density at radius 1 is 1.14 bits per heavy atom. The third kappa shape index (κ3) is 4.51. The molecule has 0 radical (unpaired) electrons. The molecule has 3 rings (SSSR count). The van der Waals surface area contributed by atoms with Crippen molar-refractivity contribution in [3.05, 3.63) is 59.2 Å². The van der Waals surface area contributed by atoms with Gasteiger partial charge in [0.15, 0.2) is 0 Å². The van der Waals surface area contributed by atoms with Gasteiger partial charge in [-0.2, -0.15) is 0 Å². The fraction of sp³-hybridized carbons (Fsp3) is 0.364. The number of benzene rings is 2. The van der Waals surface area contributed by atoms with Gasteiger partial charge in [0.2, 0.25) is 5.91 Å². The predicted octanol–water partition coefficient (Wildman–Crippen LogP) is 3.72. The Morgan fingerprint density at radius 2 is 1.93 bits per heavy atom. The van der Waals surface area contributed by atoms with Gasteiger partial charge in [-0.05, 0) is 49.1 Å². The van der Waals surface area contributed by atoms with E-state index >= 15 is 0 Å². The Hall–Kier alpha value is -2.86. The number of urea groups is 1. The molecule has 0 aliphatic carbocycles. The van der Waals surface area contributed by atoms with E-state index in [2.05, 4.69) is 24.4 Å². The summed E-state index contributed by atoms with van der Waals surface area (Å²) in [6, 6.07) is 13.8. The first-order valence-electron chi connectivity index (χ1n) is 9.50. The molecule has 3 amide bonds. The summed E-state index contributed by atoms with van der Waals surface area (Å²) in [5.74, 6) is -0.240. The van der Waals surface area contributed by atoms with E-state index in [0.29, 0.717) is 18.8 Å². The van der Waals surface area contributed by atoms with E-state index in [1.54, 1.807) is 4.90 Å². The first-order chi connectivity index (χ1) is 13.5. The van der Waals surface area contributed by atoms with Gasteiger partial charge in [-0.25, -0.2) is 4.79 Å². The molecule has 1 aliphatic rings. The molecule has 1 fully saturated rings. The summed E-state index contributed by atoms with van der Waals surface area (Å²) in [6.45, 7) is 5.92. The Bertz CT molecular complexity index is 866. The number of carbonyl (C=O) groups excluding carboxylic acids is 2. The van der Waals surface area contributed by atoms with Crippen LogP contribution in [-0.4, -0.2) is 43.6 Å². The summed E-state index contributed by atoms with van der Waals surface area (Å²) < 4.78 is 4.91. The molecular weight excluding hydrogens is 354 g/mol. The summed E-state index contributed by atoms with van der Waals surface area (Å²) in [7, 11) is 1.48. The minimum atomic E-state index is -0.240. The number of carbonyl (C=O) groups is 2. The van der Waals surface area contributed by atoms with E-state index < -0.39 is 0 Å². The summed E-state index contributed by atoms with van der Waals surface area (Å²) in [5.41, 5.74) is 4.69. The SMILES string of the molecule is COCC(=O)Nc1cc(C)ccc1N1CCCN(Cc2ccccc2C)C1=O. The van der Waals surface area contributed by atoms with Crippen LogP contribution >= 0.6 is 0 Å². The first-order valence-corrected chi connectivity index (χ1v) is 9.50. The molecular formula is C22H27N3O3. The van der Waals surface area contributed by atoms with E-state index in [9.17, 15) is 9.59 Å². The van der Waals surface area contributed by atoms with Crippen LogP contribution in [0.1, 0.15) is 23.1 Å². The van der Waals surface area contributed by atoms with Crippen molar-refractivity contribution in [2.75, 3.05) is 37.0 Å². The summed E-state index contributed by atoms with van der Waals surface area (Å²) in [6.07, 6.45) is 0.872. The van der Waals surface area contributed by atoms with Gasteiger partial charge in [-0.1, -0.05) is 30.3 Å². The van der Waals surface area contributed by atoms with E-state index in [0.717, 1.165) is 29.8 Å². The van der Waals surface area contributed by atoms with Crippen molar-refractivity contribution in [1.82, 2.24) is 4.90 Å². The lowest BCUT2D eigenvalue weighted by molar-refractivity contribution is -0.119. The van der Waals surface area contributed by atoms with E-state index in [1.807, 2.05) is 42.2 Å². The molecule has 1 heterocycles. The number of nitrogens with one attached hydrogen (secondary N) is 1. The van der Waals surface area contributed by atoms with Crippen LogP contribution in [0.5, 0.6) is 0 Å². The molecule has 6 heteroatoms. The van der Waals surface area contributed by atoms with Gasteiger partial charge >= 0.3 is 6.03 Å². The Morgan fingerprint density at radius 3 is 2.68 bits per heavy atom. The monoisotopic (exact) mass is 381 g/mol. The van der Waals surface area contributed by atoms with Crippen molar-refractivity contribution in [2.45, 2.75) is 26.8 Å². The predicted molar refractivity (Wildman–Crippen MR) is 111 cm³/mol. The average molecular weight is 381 g/mol. The van der Waals surface area contributed by atoms with Crippen LogP contribution < -0.4 is 10.2 Å². The summed E-state index contributed by atoms with van der Waals surface area (Å²) >= 11 is 0. The maximum absolute atomic E-state index is 13.2. The molecule has 1 saturated heterocycles. The zero-order chi connectivity index (χ0) is 20.1. The average Bonchev–Trinajstić information content (AvgIpc) is 2.66. The first kappa shape index (κ1) is 19.9. The Kier molecular flexibility index (Phi) is 6.31. The maximum atomic E-state index is 13.2. The van der Waals surface area contributed by atoms with Crippen molar-refractivity contribution in [2.24, 2.45) is 0 Å². The minimum absolute atomic E-state index is 0.0270. The van der Waals surface area contributed by atoms with Gasteiger partial charge in [0, 0.05) is 26.7 Å². The third-order valence-corrected chi connectivity index (χ3v) is 4.93. The number of rotatable bonds is 6. The highest BCUT2D eigenvalue weighted by Gasteiger charge is 2.28. The Balaban J connectivity index is 1.84. The molecule has 0 atom stereocenters. The van der Waals surface area contributed by atoms with Crippen LogP contribution in [0.15, 0.2) is 42.5 Å². The van der Waals surface area contributed by atoms with Crippen molar-refractivity contribution in [1.29, 1.82) is 0 Å². The molecule has 0 spiro atoms. The fourth-order valence-electron chi connectivity index (χ4n) is 3.45. The van der Waals surface area contributed by atoms with E-state index in [4.69, 9.17) is 4.74 Å². The van der Waals surface area contributed by atoms with Gasteiger partial charge in [0.1, 0.15) is 6.61 Å². The molecule has 0 bridgehead atoms. The normalized spacial score (nSPS) is 14.3. The van der Waals surface area contributed by atoms with Crippen LogP contribution in [0.4, 0.5) is 16.2 Å². The highest BCUT2D eigenvalue weighted by atomic mass is 16.5. The molecule has 0 saturated carbocycles. The molecule has 148 valence electrons. The molecule has 1 aliphatic heterocycles. The fourth-order valence-corrected chi connectivity index (χ4v) is 3.45. The molecule has 0 unspecified atom stereocenters. The lowest BCUT2D eigenvalue weighted by Gasteiger charge is -2.36. The Labute approximate surface area is 166 Å². The molecule has 2 aromatic carbocycles. The third-order valence-electron chi connectivity index (χ3n) is 4.93. The van der Waals surface area contributed by atoms with Crippen molar-refractivity contribution >= 4 is 23.3 Å². The smallest absolute Gasteiger partial charge is 0.324 e. The number of aryl methyl sites for hydroxylation is 2. The van der Waals surface area contributed by atoms with Gasteiger partial charge < -0.3 is 15.0 Å². The topological polar surface area (TPSA) is 61.9 Å². The van der Waals surface area contributed by atoms with Crippen molar-refractivity contribution < 1.29 is 14.3 Å². The number of hydrogen-bond acceptors (Lipinski definition) is 3. The van der Waals surface area contributed by atoms with Gasteiger partial charge in [-0.3, -0.25) is 9.69 Å². The molecule has 2 aromatic rings. The zero-order valence-corrected chi connectivity index (χ0v) is 16.7. The van der Waals surface area contributed by atoms with E-state index in [1.165, 1.54) is 12.7 Å².